The van der Waals surface area contributed by atoms with E-state index >= 15 is 0 Å². The van der Waals surface area contributed by atoms with Crippen LogP contribution in [0.5, 0.6) is 0 Å². The van der Waals surface area contributed by atoms with Crippen molar-refractivity contribution in [1.82, 2.24) is 5.32 Å². The standard InChI is InChI=1S/C19H20N2O4S/c1-13-5-3-6-15(9-13)11-20-18(22)16-7-4-8-17(10-16)21-19(23)14(2)12-26(21,24)25/h3-10,14H,11-12H2,1-2H3,(H,20,22)/t14-/m1/s1. The van der Waals surface area contributed by atoms with Crippen LogP contribution in [-0.4, -0.2) is 26.0 Å². The Kier molecular flexibility index (Phi) is 4.82. The van der Waals surface area contributed by atoms with E-state index in [2.05, 4.69) is 5.32 Å². The van der Waals surface area contributed by atoms with Crippen LogP contribution in [0.4, 0.5) is 5.69 Å². The topological polar surface area (TPSA) is 83.6 Å². The zero-order valence-corrected chi connectivity index (χ0v) is 15.4. The van der Waals surface area contributed by atoms with Crippen molar-refractivity contribution < 1.29 is 18.0 Å². The second-order valence-corrected chi connectivity index (χ2v) is 8.37. The number of amides is 2. The molecular formula is C19H20N2O4S. The van der Waals surface area contributed by atoms with Gasteiger partial charge in [-0.2, -0.15) is 0 Å². The molecule has 0 bridgehead atoms. The molecule has 136 valence electrons. The highest BCUT2D eigenvalue weighted by atomic mass is 32.2. The number of hydrogen-bond acceptors (Lipinski definition) is 4. The fourth-order valence-corrected chi connectivity index (χ4v) is 4.78. The Balaban J connectivity index is 1.79. The first kappa shape index (κ1) is 18.1. The minimum absolute atomic E-state index is 0.197. The predicted molar refractivity (Wildman–Crippen MR) is 99.2 cm³/mol. The van der Waals surface area contributed by atoms with Gasteiger partial charge in [0.05, 0.1) is 17.4 Å². The van der Waals surface area contributed by atoms with Gasteiger partial charge >= 0.3 is 0 Å². The average molecular weight is 372 g/mol. The maximum Gasteiger partial charge on any atom is 0.251 e. The molecule has 0 aromatic heterocycles. The van der Waals surface area contributed by atoms with Gasteiger partial charge < -0.3 is 5.32 Å². The van der Waals surface area contributed by atoms with Crippen LogP contribution in [0.3, 0.4) is 0 Å². The monoisotopic (exact) mass is 372 g/mol. The Morgan fingerprint density at radius 3 is 2.58 bits per heavy atom. The van der Waals surface area contributed by atoms with Crippen molar-refractivity contribution in [3.63, 3.8) is 0 Å². The van der Waals surface area contributed by atoms with Gasteiger partial charge in [0.1, 0.15) is 0 Å². The molecule has 0 aliphatic carbocycles. The predicted octanol–water partition coefficient (Wildman–Crippen LogP) is 2.24. The van der Waals surface area contributed by atoms with Crippen LogP contribution in [0.25, 0.3) is 0 Å². The lowest BCUT2D eigenvalue weighted by Crippen LogP contribution is -2.30. The first-order chi connectivity index (χ1) is 12.3. The molecule has 2 amide bonds. The Labute approximate surface area is 152 Å². The normalized spacial score (nSPS) is 18.8. The summed E-state index contributed by atoms with van der Waals surface area (Å²) in [7, 11) is -3.69. The van der Waals surface area contributed by atoms with Crippen LogP contribution in [0.2, 0.25) is 0 Å². The molecule has 0 spiro atoms. The molecular weight excluding hydrogens is 352 g/mol. The fraction of sp³-hybridized carbons (Fsp3) is 0.263. The highest BCUT2D eigenvalue weighted by Gasteiger charge is 2.42. The lowest BCUT2D eigenvalue weighted by molar-refractivity contribution is -0.119. The second-order valence-electron chi connectivity index (χ2n) is 6.50. The molecule has 7 heteroatoms. The summed E-state index contributed by atoms with van der Waals surface area (Å²) in [6.07, 6.45) is 0. The van der Waals surface area contributed by atoms with E-state index in [-0.39, 0.29) is 17.3 Å². The molecule has 1 N–H and O–H groups in total. The molecule has 3 rings (SSSR count). The SMILES string of the molecule is Cc1cccc(CNC(=O)c2cccc(N3C(=O)[C@H](C)CS3(=O)=O)c2)c1. The Hall–Kier alpha value is -2.67. The molecule has 6 nitrogen and oxygen atoms in total. The number of rotatable bonds is 4. The molecule has 0 saturated carbocycles. The fourth-order valence-electron chi connectivity index (χ4n) is 2.97. The van der Waals surface area contributed by atoms with Crippen LogP contribution in [-0.2, 0) is 21.4 Å². The van der Waals surface area contributed by atoms with Gasteiger partial charge in [-0.3, -0.25) is 9.59 Å². The van der Waals surface area contributed by atoms with Crippen LogP contribution in [0.1, 0.15) is 28.4 Å². The van der Waals surface area contributed by atoms with Gasteiger partial charge in [-0.15, -0.1) is 0 Å². The van der Waals surface area contributed by atoms with Crippen molar-refractivity contribution in [1.29, 1.82) is 0 Å². The summed E-state index contributed by atoms with van der Waals surface area (Å²) >= 11 is 0. The molecule has 0 radical (unpaired) electrons. The van der Waals surface area contributed by atoms with Crippen molar-refractivity contribution in [2.75, 3.05) is 10.1 Å². The number of sulfonamides is 1. The van der Waals surface area contributed by atoms with Gasteiger partial charge in [0.25, 0.3) is 5.91 Å². The molecule has 1 aliphatic heterocycles. The maximum atomic E-state index is 12.4. The average Bonchev–Trinajstić information content (AvgIpc) is 2.80. The summed E-state index contributed by atoms with van der Waals surface area (Å²) in [5.41, 5.74) is 2.58. The molecule has 1 heterocycles. The van der Waals surface area contributed by atoms with Crippen LogP contribution < -0.4 is 9.62 Å². The minimum atomic E-state index is -3.69. The molecule has 1 aliphatic rings. The Bertz CT molecular complexity index is 969. The van der Waals surface area contributed by atoms with Crippen LogP contribution in [0.15, 0.2) is 48.5 Å². The van der Waals surface area contributed by atoms with Crippen LogP contribution in [0, 0.1) is 12.8 Å². The Morgan fingerprint density at radius 2 is 1.92 bits per heavy atom. The third-order valence-corrected chi connectivity index (χ3v) is 6.11. The number of carbonyl (C=O) groups excluding carboxylic acids is 2. The summed E-state index contributed by atoms with van der Waals surface area (Å²) < 4.78 is 25.2. The number of hydrogen-bond donors (Lipinski definition) is 1. The van der Waals surface area contributed by atoms with Gasteiger partial charge in [0, 0.05) is 12.1 Å². The van der Waals surface area contributed by atoms with E-state index in [9.17, 15) is 18.0 Å². The highest BCUT2D eigenvalue weighted by Crippen LogP contribution is 2.28. The number of anilines is 1. The van der Waals surface area contributed by atoms with E-state index in [1.807, 2.05) is 31.2 Å². The smallest absolute Gasteiger partial charge is 0.251 e. The van der Waals surface area contributed by atoms with Crippen LogP contribution >= 0.6 is 0 Å². The largest absolute Gasteiger partial charge is 0.348 e. The molecule has 0 unspecified atom stereocenters. The molecule has 1 fully saturated rings. The number of carbonyl (C=O) groups is 2. The maximum absolute atomic E-state index is 12.4. The molecule has 1 saturated heterocycles. The third kappa shape index (κ3) is 3.62. The van der Waals surface area contributed by atoms with Gasteiger partial charge in [-0.05, 0) is 30.7 Å². The molecule has 26 heavy (non-hydrogen) atoms. The summed E-state index contributed by atoms with van der Waals surface area (Å²) in [4.78, 5) is 24.6. The van der Waals surface area contributed by atoms with E-state index < -0.39 is 21.8 Å². The summed E-state index contributed by atoms with van der Waals surface area (Å²) in [6, 6.07) is 13.9. The van der Waals surface area contributed by atoms with Crippen molar-refractivity contribution in [2.45, 2.75) is 20.4 Å². The second kappa shape index (κ2) is 6.92. The first-order valence-electron chi connectivity index (χ1n) is 8.28. The van der Waals surface area contributed by atoms with E-state index in [0.29, 0.717) is 12.1 Å². The number of aryl methyl sites for hydroxylation is 1. The van der Waals surface area contributed by atoms with Gasteiger partial charge in [-0.1, -0.05) is 42.8 Å². The molecule has 1 atom stereocenters. The zero-order valence-electron chi connectivity index (χ0n) is 14.6. The van der Waals surface area contributed by atoms with Gasteiger partial charge in [0.2, 0.25) is 15.9 Å². The van der Waals surface area contributed by atoms with Crippen molar-refractivity contribution in [3.8, 4) is 0 Å². The third-order valence-electron chi connectivity index (χ3n) is 4.24. The zero-order chi connectivity index (χ0) is 18.9. The van der Waals surface area contributed by atoms with Crippen molar-refractivity contribution in [2.24, 2.45) is 5.92 Å². The van der Waals surface area contributed by atoms with E-state index in [1.54, 1.807) is 19.1 Å². The Morgan fingerprint density at radius 1 is 1.19 bits per heavy atom. The molecule has 2 aromatic rings. The number of benzene rings is 2. The van der Waals surface area contributed by atoms with E-state index in [1.165, 1.54) is 12.1 Å². The minimum Gasteiger partial charge on any atom is -0.348 e. The quantitative estimate of drug-likeness (QED) is 0.892. The summed E-state index contributed by atoms with van der Waals surface area (Å²) in [5, 5.41) is 2.81. The lowest BCUT2D eigenvalue weighted by Gasteiger charge is -2.16. The molecule has 2 aromatic carbocycles. The van der Waals surface area contributed by atoms with Gasteiger partial charge in [-0.25, -0.2) is 12.7 Å². The lowest BCUT2D eigenvalue weighted by atomic mass is 10.1. The van der Waals surface area contributed by atoms with E-state index in [0.717, 1.165) is 15.4 Å². The first-order valence-corrected chi connectivity index (χ1v) is 9.89. The number of nitrogens with one attached hydrogen (secondary N) is 1. The summed E-state index contributed by atoms with van der Waals surface area (Å²) in [5.74, 6) is -1.60. The van der Waals surface area contributed by atoms with Crippen molar-refractivity contribution in [3.05, 3.63) is 65.2 Å². The number of nitrogens with zero attached hydrogens (tertiary/aromatic N) is 1. The van der Waals surface area contributed by atoms with Gasteiger partial charge in [0.15, 0.2) is 0 Å². The van der Waals surface area contributed by atoms with E-state index in [4.69, 9.17) is 0 Å². The van der Waals surface area contributed by atoms with Crippen molar-refractivity contribution >= 4 is 27.5 Å². The highest BCUT2D eigenvalue weighted by molar-refractivity contribution is 7.94. The summed E-state index contributed by atoms with van der Waals surface area (Å²) in [6.45, 7) is 3.92.